The Morgan fingerprint density at radius 3 is 2.85 bits per heavy atom. The highest BCUT2D eigenvalue weighted by Gasteiger charge is 2.20. The van der Waals surface area contributed by atoms with E-state index in [0.29, 0.717) is 11.7 Å². The molecule has 3 aromatic rings. The van der Waals surface area contributed by atoms with Crippen molar-refractivity contribution >= 4 is 5.82 Å². The minimum atomic E-state index is 0.276. The number of piperidine rings is 1. The normalized spacial score (nSPS) is 17.5. The van der Waals surface area contributed by atoms with E-state index in [2.05, 4.69) is 20.0 Å². The number of pyridine rings is 1. The molecule has 0 saturated carbocycles. The summed E-state index contributed by atoms with van der Waals surface area (Å²) in [5, 5.41) is 4.12. The number of nitrogens with zero attached hydrogens (tertiary/aromatic N) is 4. The average Bonchev–Trinajstić information content (AvgIpc) is 3.18. The molecule has 0 N–H and O–H groups in total. The molecule has 0 amide bonds. The number of aromatic nitrogens is 3. The third-order valence-corrected chi connectivity index (χ3v) is 4.84. The maximum atomic E-state index is 5.49. The molecule has 0 radical (unpaired) electrons. The fourth-order valence-electron chi connectivity index (χ4n) is 3.31. The molecule has 1 aliphatic rings. The maximum absolute atomic E-state index is 5.49. The molecule has 2 aromatic heterocycles. The van der Waals surface area contributed by atoms with Gasteiger partial charge in [0.2, 0.25) is 5.82 Å². The molecule has 0 aliphatic carbocycles. The van der Waals surface area contributed by atoms with E-state index >= 15 is 0 Å². The van der Waals surface area contributed by atoms with Crippen molar-refractivity contribution in [3.8, 4) is 22.8 Å². The molecule has 0 spiro atoms. The molecule has 6 heteroatoms. The zero-order valence-electron chi connectivity index (χ0n) is 15.1. The molecule has 1 aliphatic heterocycles. The molecular weight excluding hydrogens is 328 g/mol. The molecule has 0 unspecified atom stereocenters. The van der Waals surface area contributed by atoms with E-state index in [1.165, 1.54) is 0 Å². The Morgan fingerprint density at radius 2 is 2.08 bits per heavy atom. The van der Waals surface area contributed by atoms with Crippen molar-refractivity contribution < 1.29 is 9.26 Å². The van der Waals surface area contributed by atoms with E-state index < -0.39 is 0 Å². The van der Waals surface area contributed by atoms with E-state index in [4.69, 9.17) is 9.26 Å². The highest BCUT2D eigenvalue weighted by molar-refractivity contribution is 5.62. The summed E-state index contributed by atoms with van der Waals surface area (Å²) in [7, 11) is 1.77. The van der Waals surface area contributed by atoms with Crippen molar-refractivity contribution in [2.75, 3.05) is 25.1 Å². The molecule has 0 bridgehead atoms. The monoisotopic (exact) mass is 350 g/mol. The predicted octanol–water partition coefficient (Wildman–Crippen LogP) is 3.72. The number of aryl methyl sites for hydroxylation is 1. The number of benzene rings is 1. The van der Waals surface area contributed by atoms with E-state index in [1.54, 1.807) is 13.3 Å². The first kappa shape index (κ1) is 16.7. The third-order valence-electron chi connectivity index (χ3n) is 4.84. The van der Waals surface area contributed by atoms with Crippen LogP contribution in [0.5, 0.6) is 0 Å². The molecule has 26 heavy (non-hydrogen) atoms. The second-order valence-corrected chi connectivity index (χ2v) is 6.59. The van der Waals surface area contributed by atoms with Crippen molar-refractivity contribution in [1.82, 2.24) is 15.1 Å². The van der Waals surface area contributed by atoms with Crippen LogP contribution >= 0.6 is 0 Å². The summed E-state index contributed by atoms with van der Waals surface area (Å²) in [6.07, 6.45) is 4.29. The molecule has 1 fully saturated rings. The van der Waals surface area contributed by atoms with E-state index in [1.807, 2.05) is 43.3 Å². The van der Waals surface area contributed by atoms with Gasteiger partial charge < -0.3 is 14.2 Å². The summed E-state index contributed by atoms with van der Waals surface area (Å²) in [4.78, 5) is 11.4. The molecular formula is C20H22N4O2. The van der Waals surface area contributed by atoms with Crippen LogP contribution in [0, 0.1) is 6.92 Å². The Bertz CT molecular complexity index is 876. The van der Waals surface area contributed by atoms with Gasteiger partial charge in [0.1, 0.15) is 5.82 Å². The number of anilines is 1. The van der Waals surface area contributed by atoms with Crippen LogP contribution in [0.25, 0.3) is 22.8 Å². The van der Waals surface area contributed by atoms with Crippen molar-refractivity contribution in [1.29, 1.82) is 0 Å². The van der Waals surface area contributed by atoms with Crippen molar-refractivity contribution in [3.63, 3.8) is 0 Å². The van der Waals surface area contributed by atoms with E-state index in [9.17, 15) is 0 Å². The molecule has 4 rings (SSSR count). The summed E-state index contributed by atoms with van der Waals surface area (Å²) in [5.41, 5.74) is 2.92. The number of hydrogen-bond acceptors (Lipinski definition) is 6. The van der Waals surface area contributed by atoms with Crippen LogP contribution < -0.4 is 4.90 Å². The zero-order chi connectivity index (χ0) is 17.9. The second-order valence-electron chi connectivity index (χ2n) is 6.59. The highest BCUT2D eigenvalue weighted by atomic mass is 16.5. The first-order valence-corrected chi connectivity index (χ1v) is 8.88. The topological polar surface area (TPSA) is 64.3 Å². The van der Waals surface area contributed by atoms with Crippen LogP contribution in [-0.4, -0.2) is 41.4 Å². The van der Waals surface area contributed by atoms with Crippen LogP contribution in [-0.2, 0) is 4.74 Å². The maximum Gasteiger partial charge on any atom is 0.259 e. The molecule has 1 saturated heterocycles. The van der Waals surface area contributed by atoms with Crippen LogP contribution in [0.15, 0.2) is 47.1 Å². The van der Waals surface area contributed by atoms with Gasteiger partial charge in [-0.25, -0.2) is 4.98 Å². The van der Waals surface area contributed by atoms with Gasteiger partial charge in [-0.05, 0) is 37.5 Å². The first-order chi connectivity index (χ1) is 12.7. The van der Waals surface area contributed by atoms with Gasteiger partial charge >= 0.3 is 0 Å². The van der Waals surface area contributed by atoms with Gasteiger partial charge in [0, 0.05) is 32.0 Å². The fraction of sp³-hybridized carbons (Fsp3) is 0.350. The molecule has 1 aromatic carbocycles. The largest absolute Gasteiger partial charge is 0.380 e. The zero-order valence-corrected chi connectivity index (χ0v) is 15.1. The molecule has 3 heterocycles. The lowest BCUT2D eigenvalue weighted by Crippen LogP contribution is -2.39. The minimum Gasteiger partial charge on any atom is -0.380 e. The van der Waals surface area contributed by atoms with Crippen molar-refractivity contribution in [2.45, 2.75) is 25.9 Å². The van der Waals surface area contributed by atoms with Crippen LogP contribution in [0.3, 0.4) is 0 Å². The Hall–Kier alpha value is -2.73. The number of ether oxygens (including phenoxy) is 1. The van der Waals surface area contributed by atoms with Crippen molar-refractivity contribution in [3.05, 3.63) is 48.2 Å². The Balaban J connectivity index is 1.53. The Labute approximate surface area is 152 Å². The van der Waals surface area contributed by atoms with E-state index in [0.717, 1.165) is 48.4 Å². The minimum absolute atomic E-state index is 0.276. The van der Waals surface area contributed by atoms with Gasteiger partial charge in [-0.2, -0.15) is 4.98 Å². The fourth-order valence-corrected chi connectivity index (χ4v) is 3.31. The highest BCUT2D eigenvalue weighted by Crippen LogP contribution is 2.26. The van der Waals surface area contributed by atoms with Gasteiger partial charge in [0.25, 0.3) is 5.89 Å². The number of hydrogen-bond donors (Lipinski definition) is 0. The number of methoxy groups -OCH3 is 1. The predicted molar refractivity (Wildman–Crippen MR) is 99.9 cm³/mol. The number of rotatable bonds is 4. The quantitative estimate of drug-likeness (QED) is 0.714. The molecule has 6 nitrogen and oxygen atoms in total. The lowest BCUT2D eigenvalue weighted by Gasteiger charge is -2.32. The smallest absolute Gasteiger partial charge is 0.259 e. The van der Waals surface area contributed by atoms with E-state index in [-0.39, 0.29) is 6.10 Å². The summed E-state index contributed by atoms with van der Waals surface area (Å²) in [6.45, 7) is 3.92. The summed E-state index contributed by atoms with van der Waals surface area (Å²) >= 11 is 0. The Morgan fingerprint density at radius 1 is 1.19 bits per heavy atom. The average molecular weight is 350 g/mol. The standard InChI is InChI=1S/C20H22N4O2/c1-14-6-3-4-8-17(14)19-22-20(26-23-19)15-9-10-18(21-12-15)24-11-5-7-16(13-24)25-2/h3-4,6,8-10,12,16H,5,7,11,13H2,1-2H3/t16-/m0/s1. The van der Waals surface area contributed by atoms with Crippen LogP contribution in [0.4, 0.5) is 5.82 Å². The molecule has 1 atom stereocenters. The van der Waals surface area contributed by atoms with Gasteiger partial charge in [-0.3, -0.25) is 0 Å². The van der Waals surface area contributed by atoms with Gasteiger partial charge in [-0.15, -0.1) is 0 Å². The summed E-state index contributed by atoms with van der Waals surface area (Å²) in [6, 6.07) is 12.0. The summed E-state index contributed by atoms with van der Waals surface area (Å²) in [5.74, 6) is 2.03. The van der Waals surface area contributed by atoms with Crippen LogP contribution in [0.2, 0.25) is 0 Å². The molecule has 134 valence electrons. The van der Waals surface area contributed by atoms with Crippen LogP contribution in [0.1, 0.15) is 18.4 Å². The van der Waals surface area contributed by atoms with Gasteiger partial charge in [0.15, 0.2) is 0 Å². The van der Waals surface area contributed by atoms with Crippen molar-refractivity contribution in [2.24, 2.45) is 0 Å². The summed E-state index contributed by atoms with van der Waals surface area (Å²) < 4.78 is 10.9. The third kappa shape index (κ3) is 3.32. The second kappa shape index (κ2) is 7.25. The Kier molecular flexibility index (Phi) is 4.67. The lowest BCUT2D eigenvalue weighted by molar-refractivity contribution is 0.0891. The lowest BCUT2D eigenvalue weighted by atomic mass is 10.1. The SMILES string of the molecule is CO[C@H]1CCCN(c2ccc(-c3nc(-c4ccccc4C)no3)cn2)C1. The van der Waals surface area contributed by atoms with Gasteiger partial charge in [0.05, 0.1) is 11.7 Å². The van der Waals surface area contributed by atoms with Gasteiger partial charge in [-0.1, -0.05) is 29.4 Å². The first-order valence-electron chi connectivity index (χ1n) is 8.88.